The third-order valence-electron chi connectivity index (χ3n) is 5.13. The first-order valence-electron chi connectivity index (χ1n) is 8.98. The molecule has 25 heavy (non-hydrogen) atoms. The van der Waals surface area contributed by atoms with Crippen LogP contribution in [-0.2, 0) is 16.0 Å². The summed E-state index contributed by atoms with van der Waals surface area (Å²) >= 11 is 0. The molecule has 3 heterocycles. The summed E-state index contributed by atoms with van der Waals surface area (Å²) in [7, 11) is 0. The summed E-state index contributed by atoms with van der Waals surface area (Å²) in [6.45, 7) is 3.92. The van der Waals surface area contributed by atoms with Crippen LogP contribution in [0.1, 0.15) is 54.1 Å². The van der Waals surface area contributed by atoms with Crippen molar-refractivity contribution < 1.29 is 14.1 Å². The lowest BCUT2D eigenvalue weighted by Gasteiger charge is -2.33. The molecule has 2 aliphatic rings. The number of carbonyl (C=O) groups is 1. The van der Waals surface area contributed by atoms with Gasteiger partial charge in [-0.1, -0.05) is 29.4 Å². The van der Waals surface area contributed by atoms with Crippen LogP contribution in [0, 0.1) is 6.92 Å². The molecule has 2 aliphatic heterocycles. The molecule has 6 nitrogen and oxygen atoms in total. The Kier molecular flexibility index (Phi) is 4.53. The van der Waals surface area contributed by atoms with Crippen molar-refractivity contribution in [1.82, 2.24) is 15.0 Å². The lowest BCUT2D eigenvalue weighted by Crippen LogP contribution is -2.40. The summed E-state index contributed by atoms with van der Waals surface area (Å²) in [4.78, 5) is 19.1. The highest BCUT2D eigenvalue weighted by atomic mass is 16.5. The second kappa shape index (κ2) is 6.96. The molecule has 0 radical (unpaired) electrons. The maximum atomic E-state index is 12.8. The van der Waals surface area contributed by atoms with E-state index in [0.29, 0.717) is 31.3 Å². The quantitative estimate of drug-likeness (QED) is 0.859. The van der Waals surface area contributed by atoms with Gasteiger partial charge in [0, 0.05) is 25.9 Å². The highest BCUT2D eigenvalue weighted by Crippen LogP contribution is 2.31. The first-order chi connectivity index (χ1) is 12.2. The molecule has 1 aromatic heterocycles. The second-order valence-corrected chi connectivity index (χ2v) is 6.86. The van der Waals surface area contributed by atoms with Crippen LogP contribution in [0.5, 0.6) is 0 Å². The molecule has 1 aromatic carbocycles. The Hall–Kier alpha value is -2.21. The van der Waals surface area contributed by atoms with Gasteiger partial charge in [0.2, 0.25) is 11.8 Å². The van der Waals surface area contributed by atoms with Crippen molar-refractivity contribution in [3.63, 3.8) is 0 Å². The Labute approximate surface area is 147 Å². The number of hydrogen-bond acceptors (Lipinski definition) is 5. The maximum absolute atomic E-state index is 12.8. The fraction of sp³-hybridized carbons (Fsp3) is 0.526. The Bertz CT molecular complexity index is 758. The first kappa shape index (κ1) is 16.3. The van der Waals surface area contributed by atoms with Gasteiger partial charge in [0.1, 0.15) is 0 Å². The normalized spacial score (nSPS) is 23.3. The van der Waals surface area contributed by atoms with Crippen LogP contribution in [0.25, 0.3) is 0 Å². The molecular formula is C19H23N3O3. The van der Waals surface area contributed by atoms with E-state index in [4.69, 9.17) is 9.26 Å². The van der Waals surface area contributed by atoms with E-state index in [1.54, 1.807) is 6.92 Å². The molecule has 0 bridgehead atoms. The minimum Gasteiger partial charge on any atom is -0.373 e. The molecule has 2 aromatic rings. The number of benzene rings is 1. The highest BCUT2D eigenvalue weighted by Gasteiger charge is 2.30. The number of piperidine rings is 1. The molecule has 132 valence electrons. The predicted molar refractivity (Wildman–Crippen MR) is 91.0 cm³/mol. The molecule has 0 unspecified atom stereocenters. The van der Waals surface area contributed by atoms with Crippen LogP contribution >= 0.6 is 0 Å². The van der Waals surface area contributed by atoms with Gasteiger partial charge >= 0.3 is 0 Å². The Morgan fingerprint density at radius 1 is 1.36 bits per heavy atom. The van der Waals surface area contributed by atoms with Gasteiger partial charge in [-0.25, -0.2) is 0 Å². The summed E-state index contributed by atoms with van der Waals surface area (Å²) in [6.07, 6.45) is 3.14. The summed E-state index contributed by atoms with van der Waals surface area (Å²) in [6, 6.07) is 8.27. The molecule has 1 saturated heterocycles. The lowest BCUT2D eigenvalue weighted by molar-refractivity contribution is -0.136. The van der Waals surface area contributed by atoms with E-state index >= 15 is 0 Å². The zero-order chi connectivity index (χ0) is 17.2. The Morgan fingerprint density at radius 2 is 2.24 bits per heavy atom. The first-order valence-corrected chi connectivity index (χ1v) is 8.98. The highest BCUT2D eigenvalue weighted by molar-refractivity contribution is 5.77. The van der Waals surface area contributed by atoms with Crippen LogP contribution in [-0.4, -0.2) is 40.6 Å². The molecule has 0 N–H and O–H groups in total. The number of fused-ring (bicyclic) bond motifs is 1. The lowest BCUT2D eigenvalue weighted by atomic mass is 9.94. The fourth-order valence-electron chi connectivity index (χ4n) is 3.83. The number of hydrogen-bond donors (Lipinski definition) is 0. The van der Waals surface area contributed by atoms with Crippen LogP contribution in [0.4, 0.5) is 0 Å². The van der Waals surface area contributed by atoms with Crippen molar-refractivity contribution in [1.29, 1.82) is 0 Å². The topological polar surface area (TPSA) is 68.5 Å². The number of amides is 1. The number of nitrogens with zero attached hydrogens (tertiary/aromatic N) is 3. The molecule has 4 rings (SSSR count). The standard InChI is InChI=1S/C19H23N3O3/c1-13-20-19(21-25-13)15-6-4-9-22(12-15)18(23)11-17-16-7-3-2-5-14(16)8-10-24-17/h2-3,5,7,15,17H,4,6,8-12H2,1H3/t15-,17-/m0/s1. The number of likely N-dealkylation sites (tertiary alicyclic amines) is 1. The molecule has 2 atom stereocenters. The zero-order valence-electron chi connectivity index (χ0n) is 14.5. The van der Waals surface area contributed by atoms with Gasteiger partial charge in [-0.05, 0) is 30.4 Å². The molecule has 1 amide bonds. The molecule has 0 spiro atoms. The number of ether oxygens (including phenoxy) is 1. The van der Waals surface area contributed by atoms with Crippen molar-refractivity contribution in [3.8, 4) is 0 Å². The summed E-state index contributed by atoms with van der Waals surface area (Å²) in [5.41, 5.74) is 2.45. The van der Waals surface area contributed by atoms with Crippen molar-refractivity contribution in [3.05, 3.63) is 47.1 Å². The molecule has 0 saturated carbocycles. The van der Waals surface area contributed by atoms with E-state index in [-0.39, 0.29) is 17.9 Å². The summed E-state index contributed by atoms with van der Waals surface area (Å²) in [5.74, 6) is 1.60. The molecular weight excluding hydrogens is 318 g/mol. The Morgan fingerprint density at radius 3 is 3.08 bits per heavy atom. The zero-order valence-corrected chi connectivity index (χ0v) is 14.5. The number of rotatable bonds is 3. The summed E-state index contributed by atoms with van der Waals surface area (Å²) in [5, 5.41) is 4.03. The molecule has 1 fully saturated rings. The fourth-order valence-corrected chi connectivity index (χ4v) is 3.83. The van der Waals surface area contributed by atoms with E-state index < -0.39 is 0 Å². The van der Waals surface area contributed by atoms with Crippen molar-refractivity contribution in [2.45, 2.75) is 44.6 Å². The van der Waals surface area contributed by atoms with Crippen LogP contribution < -0.4 is 0 Å². The number of carbonyl (C=O) groups excluding carboxylic acids is 1. The molecule has 6 heteroatoms. The third-order valence-corrected chi connectivity index (χ3v) is 5.13. The second-order valence-electron chi connectivity index (χ2n) is 6.86. The van der Waals surface area contributed by atoms with Gasteiger partial charge in [-0.3, -0.25) is 4.79 Å². The van der Waals surface area contributed by atoms with Gasteiger partial charge in [0.15, 0.2) is 5.82 Å². The summed E-state index contributed by atoms with van der Waals surface area (Å²) < 4.78 is 11.0. The van der Waals surface area contributed by atoms with Crippen LogP contribution in [0.3, 0.4) is 0 Å². The average Bonchev–Trinajstić information content (AvgIpc) is 3.09. The smallest absolute Gasteiger partial charge is 0.225 e. The van der Waals surface area contributed by atoms with E-state index in [9.17, 15) is 4.79 Å². The van der Waals surface area contributed by atoms with Crippen molar-refractivity contribution in [2.75, 3.05) is 19.7 Å². The van der Waals surface area contributed by atoms with E-state index in [1.165, 1.54) is 5.56 Å². The van der Waals surface area contributed by atoms with Gasteiger partial charge in [0.05, 0.1) is 19.1 Å². The SMILES string of the molecule is Cc1nc([C@H]2CCCN(C(=O)C[C@@H]3OCCc4ccccc43)C2)no1. The van der Waals surface area contributed by atoms with Gasteiger partial charge in [0.25, 0.3) is 0 Å². The van der Waals surface area contributed by atoms with Crippen molar-refractivity contribution in [2.24, 2.45) is 0 Å². The predicted octanol–water partition coefficient (Wildman–Crippen LogP) is 2.79. The monoisotopic (exact) mass is 341 g/mol. The van der Waals surface area contributed by atoms with Gasteiger partial charge in [-0.2, -0.15) is 4.98 Å². The van der Waals surface area contributed by atoms with E-state index in [0.717, 1.165) is 31.4 Å². The van der Waals surface area contributed by atoms with Gasteiger partial charge in [-0.15, -0.1) is 0 Å². The molecule has 0 aliphatic carbocycles. The van der Waals surface area contributed by atoms with E-state index in [1.807, 2.05) is 17.0 Å². The van der Waals surface area contributed by atoms with E-state index in [2.05, 4.69) is 22.3 Å². The minimum atomic E-state index is -0.134. The average molecular weight is 341 g/mol. The minimum absolute atomic E-state index is 0.134. The van der Waals surface area contributed by atoms with Crippen molar-refractivity contribution >= 4 is 5.91 Å². The largest absolute Gasteiger partial charge is 0.373 e. The number of aryl methyl sites for hydroxylation is 1. The van der Waals surface area contributed by atoms with Crippen LogP contribution in [0.15, 0.2) is 28.8 Å². The maximum Gasteiger partial charge on any atom is 0.225 e. The number of aromatic nitrogens is 2. The third kappa shape index (κ3) is 3.44. The van der Waals surface area contributed by atoms with Gasteiger partial charge < -0.3 is 14.2 Å². The van der Waals surface area contributed by atoms with Crippen LogP contribution in [0.2, 0.25) is 0 Å². The Balaban J connectivity index is 1.43.